The van der Waals surface area contributed by atoms with Gasteiger partial charge in [0.05, 0.1) is 6.54 Å². The molecule has 19 heavy (non-hydrogen) atoms. The molecule has 2 N–H and O–H groups in total. The maximum atomic E-state index is 11.9. The van der Waals surface area contributed by atoms with E-state index in [1.807, 2.05) is 0 Å². The number of carboxylic acid groups (broad SMARTS) is 1. The molecule has 1 aromatic rings. The van der Waals surface area contributed by atoms with Crippen LogP contribution in [0, 0.1) is 6.92 Å². The first-order valence-corrected chi connectivity index (χ1v) is 6.87. The Morgan fingerprint density at radius 3 is 3.05 bits per heavy atom. The van der Waals surface area contributed by atoms with Gasteiger partial charge in [-0.2, -0.15) is 16.7 Å². The summed E-state index contributed by atoms with van der Waals surface area (Å²) >= 11 is 1.53. The highest BCUT2D eigenvalue weighted by atomic mass is 32.2. The largest absolute Gasteiger partial charge is 0.480 e. The fraction of sp³-hybridized carbons (Fsp3) is 0.600. The lowest BCUT2D eigenvalue weighted by Crippen LogP contribution is -2.53. The lowest BCUT2D eigenvalue weighted by Gasteiger charge is -2.32. The molecule has 0 spiro atoms. The van der Waals surface area contributed by atoms with Gasteiger partial charge in [0.15, 0.2) is 5.82 Å². The van der Waals surface area contributed by atoms with Gasteiger partial charge in [-0.15, -0.1) is 0 Å². The summed E-state index contributed by atoms with van der Waals surface area (Å²) in [5.74, 6) is 0.932. The Kier molecular flexibility index (Phi) is 4.25. The lowest BCUT2D eigenvalue weighted by atomic mass is 10.3. The summed E-state index contributed by atoms with van der Waals surface area (Å²) in [6.07, 6.45) is 0. The zero-order chi connectivity index (χ0) is 13.8. The predicted octanol–water partition coefficient (Wildman–Crippen LogP) is 0.0896. The molecule has 0 radical (unpaired) electrons. The van der Waals surface area contributed by atoms with Gasteiger partial charge in [0, 0.05) is 18.1 Å². The lowest BCUT2D eigenvalue weighted by molar-refractivity contribution is -0.141. The second-order valence-electron chi connectivity index (χ2n) is 4.02. The number of aliphatic carboxylic acids is 1. The number of rotatable bonds is 3. The number of hydrogen-bond acceptors (Lipinski definition) is 6. The van der Waals surface area contributed by atoms with Crippen LogP contribution in [0.4, 0.5) is 4.79 Å². The van der Waals surface area contributed by atoms with E-state index in [0.29, 0.717) is 24.0 Å². The van der Waals surface area contributed by atoms with Crippen molar-refractivity contribution in [2.75, 3.05) is 18.1 Å². The molecule has 0 bridgehead atoms. The van der Waals surface area contributed by atoms with E-state index in [9.17, 15) is 9.59 Å². The van der Waals surface area contributed by atoms with Crippen molar-refractivity contribution in [1.82, 2.24) is 20.4 Å². The molecule has 2 rings (SSSR count). The second-order valence-corrected chi connectivity index (χ2v) is 5.17. The molecular weight excluding hydrogens is 272 g/mol. The molecule has 0 saturated carbocycles. The number of carboxylic acids is 1. The molecule has 9 heteroatoms. The van der Waals surface area contributed by atoms with Crippen LogP contribution in [0.5, 0.6) is 0 Å². The fourth-order valence-electron chi connectivity index (χ4n) is 1.72. The number of carbonyl (C=O) groups excluding carboxylic acids is 1. The highest BCUT2D eigenvalue weighted by Crippen LogP contribution is 2.16. The first-order valence-electron chi connectivity index (χ1n) is 5.72. The molecule has 2 amide bonds. The van der Waals surface area contributed by atoms with Crippen LogP contribution in [-0.2, 0) is 11.3 Å². The SMILES string of the molecule is Cc1noc(CNC(=O)N2CCSCC2C(=O)O)n1. The fourth-order valence-corrected chi connectivity index (χ4v) is 2.75. The van der Waals surface area contributed by atoms with Crippen LogP contribution in [0.15, 0.2) is 4.52 Å². The van der Waals surface area contributed by atoms with Gasteiger partial charge in [-0.05, 0) is 6.92 Å². The smallest absolute Gasteiger partial charge is 0.327 e. The van der Waals surface area contributed by atoms with Crippen LogP contribution in [0.2, 0.25) is 0 Å². The van der Waals surface area contributed by atoms with Gasteiger partial charge in [0.25, 0.3) is 0 Å². The summed E-state index contributed by atoms with van der Waals surface area (Å²) in [5.41, 5.74) is 0. The number of amides is 2. The van der Waals surface area contributed by atoms with Crippen molar-refractivity contribution in [2.24, 2.45) is 0 Å². The number of aromatic nitrogens is 2. The Hall–Kier alpha value is -1.77. The third-order valence-electron chi connectivity index (χ3n) is 2.63. The van der Waals surface area contributed by atoms with E-state index in [0.717, 1.165) is 5.75 Å². The standard InChI is InChI=1S/C10H14N4O4S/c1-6-12-8(18-13-6)4-11-10(17)14-2-3-19-5-7(14)9(15)16/h7H,2-5H2,1H3,(H,11,17)(H,15,16). The van der Waals surface area contributed by atoms with E-state index in [2.05, 4.69) is 15.5 Å². The maximum Gasteiger partial charge on any atom is 0.327 e. The summed E-state index contributed by atoms with van der Waals surface area (Å²) in [7, 11) is 0. The first kappa shape index (κ1) is 13.7. The molecule has 1 aromatic heterocycles. The number of carbonyl (C=O) groups is 2. The Morgan fingerprint density at radius 1 is 1.63 bits per heavy atom. The molecule has 2 heterocycles. The van der Waals surface area contributed by atoms with Gasteiger partial charge < -0.3 is 19.8 Å². The molecule has 1 aliphatic heterocycles. The van der Waals surface area contributed by atoms with Crippen LogP contribution in [0.25, 0.3) is 0 Å². The van der Waals surface area contributed by atoms with Crippen molar-refractivity contribution >= 4 is 23.8 Å². The Bertz CT molecular complexity index is 478. The van der Waals surface area contributed by atoms with Gasteiger partial charge in [-0.3, -0.25) is 0 Å². The zero-order valence-corrected chi connectivity index (χ0v) is 11.1. The van der Waals surface area contributed by atoms with Crippen molar-refractivity contribution in [3.05, 3.63) is 11.7 Å². The van der Waals surface area contributed by atoms with Gasteiger partial charge >= 0.3 is 12.0 Å². The molecule has 1 aliphatic rings. The monoisotopic (exact) mass is 286 g/mol. The van der Waals surface area contributed by atoms with Crippen LogP contribution in [0.1, 0.15) is 11.7 Å². The zero-order valence-electron chi connectivity index (χ0n) is 10.3. The van der Waals surface area contributed by atoms with Crippen molar-refractivity contribution in [2.45, 2.75) is 19.5 Å². The molecule has 104 valence electrons. The van der Waals surface area contributed by atoms with E-state index in [1.165, 1.54) is 16.7 Å². The average Bonchev–Trinajstić information content (AvgIpc) is 2.81. The molecule has 0 aliphatic carbocycles. The Balaban J connectivity index is 1.92. The molecule has 8 nitrogen and oxygen atoms in total. The van der Waals surface area contributed by atoms with Gasteiger partial charge in [0.1, 0.15) is 6.04 Å². The number of thioether (sulfide) groups is 1. The quantitative estimate of drug-likeness (QED) is 0.810. The van der Waals surface area contributed by atoms with Crippen molar-refractivity contribution in [1.29, 1.82) is 0 Å². The minimum absolute atomic E-state index is 0.0929. The normalized spacial score (nSPS) is 19.2. The average molecular weight is 286 g/mol. The summed E-state index contributed by atoms with van der Waals surface area (Å²) in [6.45, 7) is 2.18. The van der Waals surface area contributed by atoms with Crippen LogP contribution < -0.4 is 5.32 Å². The van der Waals surface area contributed by atoms with Crippen LogP contribution in [0.3, 0.4) is 0 Å². The number of hydrogen-bond donors (Lipinski definition) is 2. The van der Waals surface area contributed by atoms with Crippen LogP contribution in [-0.4, -0.2) is 56.2 Å². The Labute approximate surface area is 113 Å². The molecule has 1 saturated heterocycles. The van der Waals surface area contributed by atoms with Crippen molar-refractivity contribution in [3.8, 4) is 0 Å². The van der Waals surface area contributed by atoms with Gasteiger partial charge in [-0.1, -0.05) is 5.16 Å². The first-order chi connectivity index (χ1) is 9.08. The minimum Gasteiger partial charge on any atom is -0.480 e. The molecule has 1 unspecified atom stereocenters. The summed E-state index contributed by atoms with van der Waals surface area (Å²) in [6, 6.07) is -1.22. The summed E-state index contributed by atoms with van der Waals surface area (Å²) in [5, 5.41) is 15.3. The van der Waals surface area contributed by atoms with Gasteiger partial charge in [-0.25, -0.2) is 9.59 Å². The minimum atomic E-state index is -0.990. The number of nitrogens with zero attached hydrogens (tertiary/aromatic N) is 3. The van der Waals surface area contributed by atoms with Crippen molar-refractivity contribution < 1.29 is 19.2 Å². The third-order valence-corrected chi connectivity index (χ3v) is 3.66. The number of aryl methyl sites for hydroxylation is 1. The molecule has 1 fully saturated rings. The predicted molar refractivity (Wildman–Crippen MR) is 66.7 cm³/mol. The number of nitrogens with one attached hydrogen (secondary N) is 1. The summed E-state index contributed by atoms with van der Waals surface area (Å²) in [4.78, 5) is 28.3. The molecular formula is C10H14N4O4S. The molecule has 0 aromatic carbocycles. The van der Waals surface area contributed by atoms with Gasteiger partial charge in [0.2, 0.25) is 5.89 Å². The van der Waals surface area contributed by atoms with E-state index in [-0.39, 0.29) is 6.54 Å². The molecule has 1 atom stereocenters. The third kappa shape index (κ3) is 3.37. The highest BCUT2D eigenvalue weighted by Gasteiger charge is 2.32. The second kappa shape index (κ2) is 5.91. The van der Waals surface area contributed by atoms with E-state index in [4.69, 9.17) is 9.63 Å². The Morgan fingerprint density at radius 2 is 2.42 bits per heavy atom. The topological polar surface area (TPSA) is 109 Å². The summed E-state index contributed by atoms with van der Waals surface area (Å²) < 4.78 is 4.86. The highest BCUT2D eigenvalue weighted by molar-refractivity contribution is 7.99. The van der Waals surface area contributed by atoms with Crippen molar-refractivity contribution in [3.63, 3.8) is 0 Å². The van der Waals surface area contributed by atoms with E-state index in [1.54, 1.807) is 6.92 Å². The van der Waals surface area contributed by atoms with E-state index < -0.39 is 18.0 Å². The maximum absolute atomic E-state index is 11.9. The number of urea groups is 1. The van der Waals surface area contributed by atoms with Crippen LogP contribution >= 0.6 is 11.8 Å². The van der Waals surface area contributed by atoms with E-state index >= 15 is 0 Å².